The number of nitrogens with zero attached hydrogens (tertiary/aromatic N) is 2. The van der Waals surface area contributed by atoms with Gasteiger partial charge in [-0.1, -0.05) is 42.5 Å². The van der Waals surface area contributed by atoms with Gasteiger partial charge in [0.1, 0.15) is 17.3 Å². The fraction of sp³-hybridized carbons (Fsp3) is 0.231. The van der Waals surface area contributed by atoms with Crippen LogP contribution in [0.25, 0.3) is 22.2 Å². The average Bonchev–Trinajstić information content (AvgIpc) is 3.46. The minimum absolute atomic E-state index is 0.181. The van der Waals surface area contributed by atoms with Crippen LogP contribution in [0.3, 0.4) is 0 Å². The normalized spacial score (nSPS) is 15.8. The largest absolute Gasteiger partial charge is 0.495 e. The molecule has 2 heterocycles. The van der Waals surface area contributed by atoms with Crippen LogP contribution in [0, 0.1) is 6.92 Å². The molecule has 162 valence electrons. The Morgan fingerprint density at radius 1 is 1.12 bits per heavy atom. The van der Waals surface area contributed by atoms with Crippen molar-refractivity contribution in [1.82, 2.24) is 9.88 Å². The molecule has 1 fully saturated rings. The number of hydrogen-bond acceptors (Lipinski definition) is 4. The summed E-state index contributed by atoms with van der Waals surface area (Å²) in [4.78, 5) is 19.6. The molecule has 0 aliphatic carbocycles. The van der Waals surface area contributed by atoms with Gasteiger partial charge in [0.15, 0.2) is 5.58 Å². The van der Waals surface area contributed by atoms with Gasteiger partial charge >= 0.3 is 6.03 Å². The second-order valence-corrected chi connectivity index (χ2v) is 8.03. The zero-order valence-electron chi connectivity index (χ0n) is 18.2. The molecule has 32 heavy (non-hydrogen) atoms. The number of methoxy groups -OCH3 is 1. The SMILES string of the molecule is COc1ccccc1NC(=O)N1CCCC1c1nc2cc(-c3ccccc3C)ccc2o1. The lowest BCUT2D eigenvalue weighted by Crippen LogP contribution is -2.34. The van der Waals surface area contributed by atoms with Crippen LogP contribution >= 0.6 is 0 Å². The number of aromatic nitrogens is 1. The van der Waals surface area contributed by atoms with Crippen LogP contribution in [0.4, 0.5) is 10.5 Å². The molecule has 1 aliphatic rings. The number of aryl methyl sites for hydroxylation is 1. The third-order valence-electron chi connectivity index (χ3n) is 6.01. The van der Waals surface area contributed by atoms with Crippen molar-refractivity contribution in [3.63, 3.8) is 0 Å². The van der Waals surface area contributed by atoms with Crippen molar-refractivity contribution in [1.29, 1.82) is 0 Å². The molecule has 0 saturated carbocycles. The average molecular weight is 428 g/mol. The minimum atomic E-state index is -0.195. The van der Waals surface area contributed by atoms with E-state index in [0.717, 1.165) is 29.5 Å². The van der Waals surface area contributed by atoms with Crippen molar-refractivity contribution in [2.45, 2.75) is 25.8 Å². The predicted molar refractivity (Wildman–Crippen MR) is 125 cm³/mol. The van der Waals surface area contributed by atoms with E-state index < -0.39 is 0 Å². The lowest BCUT2D eigenvalue weighted by atomic mass is 10.0. The van der Waals surface area contributed by atoms with Gasteiger partial charge in [-0.25, -0.2) is 9.78 Å². The van der Waals surface area contributed by atoms with Gasteiger partial charge in [-0.2, -0.15) is 0 Å². The third kappa shape index (κ3) is 3.68. The van der Waals surface area contributed by atoms with E-state index in [0.29, 0.717) is 23.9 Å². The molecule has 1 unspecified atom stereocenters. The summed E-state index contributed by atoms with van der Waals surface area (Å²) >= 11 is 0. The number of nitrogens with one attached hydrogen (secondary N) is 1. The monoisotopic (exact) mass is 427 g/mol. The molecule has 5 rings (SSSR count). The highest BCUT2D eigenvalue weighted by Gasteiger charge is 2.34. The smallest absolute Gasteiger partial charge is 0.322 e. The summed E-state index contributed by atoms with van der Waals surface area (Å²) in [7, 11) is 1.59. The Morgan fingerprint density at radius 2 is 1.94 bits per heavy atom. The molecule has 0 spiro atoms. The van der Waals surface area contributed by atoms with Crippen molar-refractivity contribution in [3.8, 4) is 16.9 Å². The Morgan fingerprint density at radius 3 is 2.78 bits per heavy atom. The van der Waals surface area contributed by atoms with E-state index in [4.69, 9.17) is 14.1 Å². The van der Waals surface area contributed by atoms with Crippen LogP contribution in [-0.2, 0) is 0 Å². The van der Waals surface area contributed by atoms with E-state index in [-0.39, 0.29) is 12.1 Å². The fourth-order valence-corrected chi connectivity index (χ4v) is 4.35. The van der Waals surface area contributed by atoms with Gasteiger partial charge in [-0.3, -0.25) is 0 Å². The Labute approximate surface area is 186 Å². The second kappa shape index (κ2) is 8.38. The van der Waals surface area contributed by atoms with E-state index in [9.17, 15) is 4.79 Å². The lowest BCUT2D eigenvalue weighted by molar-refractivity contribution is 0.198. The lowest BCUT2D eigenvalue weighted by Gasteiger charge is -2.23. The number of fused-ring (bicyclic) bond motifs is 1. The number of carbonyl (C=O) groups excluding carboxylic acids is 1. The number of benzene rings is 3. The number of urea groups is 1. The molecular formula is C26H25N3O3. The van der Waals surface area contributed by atoms with E-state index in [1.165, 1.54) is 11.1 Å². The number of amides is 2. The van der Waals surface area contributed by atoms with Crippen molar-refractivity contribution in [2.75, 3.05) is 19.0 Å². The van der Waals surface area contributed by atoms with Crippen LogP contribution in [0.5, 0.6) is 5.75 Å². The zero-order valence-corrected chi connectivity index (χ0v) is 18.2. The minimum Gasteiger partial charge on any atom is -0.495 e. The molecular weight excluding hydrogens is 402 g/mol. The van der Waals surface area contributed by atoms with Crippen molar-refractivity contribution >= 4 is 22.8 Å². The Hall–Kier alpha value is -3.80. The molecule has 1 atom stereocenters. The summed E-state index contributed by atoms with van der Waals surface area (Å²) in [6.45, 7) is 2.75. The highest BCUT2D eigenvalue weighted by atomic mass is 16.5. The Bertz CT molecular complexity index is 1280. The first-order valence-electron chi connectivity index (χ1n) is 10.8. The maximum Gasteiger partial charge on any atom is 0.322 e. The summed E-state index contributed by atoms with van der Waals surface area (Å²) in [6.07, 6.45) is 1.72. The highest BCUT2D eigenvalue weighted by Crippen LogP contribution is 2.35. The first kappa shape index (κ1) is 20.1. The molecule has 1 aromatic heterocycles. The predicted octanol–water partition coefficient (Wildman–Crippen LogP) is 6.18. The highest BCUT2D eigenvalue weighted by molar-refractivity contribution is 5.91. The fourth-order valence-electron chi connectivity index (χ4n) is 4.35. The van der Waals surface area contributed by atoms with Crippen LogP contribution in [0.15, 0.2) is 71.1 Å². The number of likely N-dealkylation sites (tertiary alicyclic amines) is 1. The third-order valence-corrected chi connectivity index (χ3v) is 6.01. The number of para-hydroxylation sites is 2. The van der Waals surface area contributed by atoms with Crippen LogP contribution in [0.2, 0.25) is 0 Å². The molecule has 1 N–H and O–H groups in total. The summed E-state index contributed by atoms with van der Waals surface area (Å²) in [5.74, 6) is 1.21. The van der Waals surface area contributed by atoms with Crippen molar-refractivity contribution < 1.29 is 13.9 Å². The molecule has 1 aliphatic heterocycles. The maximum absolute atomic E-state index is 13.0. The summed E-state index contributed by atoms with van der Waals surface area (Å²) in [6, 6.07) is 21.4. The van der Waals surface area contributed by atoms with Gasteiger partial charge in [0.2, 0.25) is 5.89 Å². The topological polar surface area (TPSA) is 67.6 Å². The second-order valence-electron chi connectivity index (χ2n) is 8.03. The number of anilines is 1. The van der Waals surface area contributed by atoms with Crippen molar-refractivity contribution in [2.24, 2.45) is 0 Å². The van der Waals surface area contributed by atoms with Crippen LogP contribution in [0.1, 0.15) is 30.3 Å². The Balaban J connectivity index is 1.41. The number of rotatable bonds is 4. The maximum atomic E-state index is 13.0. The van der Waals surface area contributed by atoms with Gasteiger partial charge in [-0.15, -0.1) is 0 Å². The quantitative estimate of drug-likeness (QED) is 0.422. The van der Waals surface area contributed by atoms with Gasteiger partial charge in [0, 0.05) is 6.54 Å². The van der Waals surface area contributed by atoms with Crippen LogP contribution in [-0.4, -0.2) is 29.6 Å². The molecule has 2 amide bonds. The summed E-state index contributed by atoms with van der Waals surface area (Å²) in [5.41, 5.74) is 5.67. The molecule has 0 radical (unpaired) electrons. The standard InChI is InChI=1S/C26H25N3O3/c1-17-8-3-4-9-19(17)18-13-14-24-21(16-18)27-25(32-24)22-11-7-15-29(22)26(30)28-20-10-5-6-12-23(20)31-2/h3-6,8-10,12-14,16,22H,7,11,15H2,1-2H3,(H,28,30). The van der Waals surface area contributed by atoms with Crippen molar-refractivity contribution in [3.05, 3.63) is 78.2 Å². The summed E-state index contributed by atoms with van der Waals surface area (Å²) in [5, 5.41) is 2.97. The van der Waals surface area contributed by atoms with Gasteiger partial charge in [0.05, 0.1) is 12.8 Å². The number of oxazole rings is 1. The van der Waals surface area contributed by atoms with E-state index in [1.54, 1.807) is 12.0 Å². The number of hydrogen-bond donors (Lipinski definition) is 1. The number of ether oxygens (including phenoxy) is 1. The van der Waals surface area contributed by atoms with Gasteiger partial charge in [0.25, 0.3) is 0 Å². The number of carbonyl (C=O) groups is 1. The zero-order chi connectivity index (χ0) is 22.1. The first-order valence-corrected chi connectivity index (χ1v) is 10.8. The molecule has 6 heteroatoms. The summed E-state index contributed by atoms with van der Waals surface area (Å²) < 4.78 is 11.4. The molecule has 1 saturated heterocycles. The molecule has 4 aromatic rings. The van der Waals surface area contributed by atoms with E-state index in [1.807, 2.05) is 42.5 Å². The molecule has 0 bridgehead atoms. The van der Waals surface area contributed by atoms with Gasteiger partial charge in [-0.05, 0) is 60.7 Å². The molecule has 6 nitrogen and oxygen atoms in total. The van der Waals surface area contributed by atoms with E-state index >= 15 is 0 Å². The van der Waals surface area contributed by atoms with E-state index in [2.05, 4.69) is 36.5 Å². The van der Waals surface area contributed by atoms with Gasteiger partial charge < -0.3 is 19.4 Å². The first-order chi connectivity index (χ1) is 15.6. The Kier molecular flexibility index (Phi) is 5.27. The van der Waals surface area contributed by atoms with Crippen LogP contribution < -0.4 is 10.1 Å². The molecule has 3 aromatic carbocycles.